The maximum atomic E-state index is 10.5. The lowest BCUT2D eigenvalue weighted by molar-refractivity contribution is -0.0246. The molecule has 0 aromatic heterocycles. The van der Waals surface area contributed by atoms with Crippen molar-refractivity contribution in [1.82, 2.24) is 0 Å². The van der Waals surface area contributed by atoms with Gasteiger partial charge in [0, 0.05) is 0 Å². The largest absolute Gasteiger partial charge is 0.397 e. The highest BCUT2D eigenvalue weighted by atomic mass is 32.3. The van der Waals surface area contributed by atoms with Crippen LogP contribution in [0.3, 0.4) is 0 Å². The average Bonchev–Trinajstić information content (AvgIpc) is 2.59. The summed E-state index contributed by atoms with van der Waals surface area (Å²) in [6, 6.07) is 0. The maximum absolute atomic E-state index is 10.5. The highest BCUT2D eigenvalue weighted by Gasteiger charge is 2.11. The van der Waals surface area contributed by atoms with E-state index in [0.29, 0.717) is 13.2 Å². The molecule has 0 spiro atoms. The molecule has 0 bridgehead atoms. The molecule has 1 atom stereocenters. The molecule has 0 aliphatic rings. The highest BCUT2D eigenvalue weighted by Crippen LogP contribution is 2.13. The van der Waals surface area contributed by atoms with Crippen molar-refractivity contribution >= 4 is 10.4 Å². The molecule has 0 fully saturated rings. The minimum atomic E-state index is -4.40. The van der Waals surface area contributed by atoms with Gasteiger partial charge in [0.15, 0.2) is 0 Å². The number of rotatable bonds is 20. The minimum Gasteiger partial charge on any atom is -0.375 e. The first-order chi connectivity index (χ1) is 12.5. The molecular weight excluding hydrogens is 356 g/mol. The number of ether oxygens (including phenoxy) is 2. The molecule has 156 valence electrons. The Balaban J connectivity index is 3.73. The first-order valence-electron chi connectivity index (χ1n) is 9.91. The first-order valence-corrected chi connectivity index (χ1v) is 11.3. The van der Waals surface area contributed by atoms with Crippen LogP contribution in [0.4, 0.5) is 0 Å². The first kappa shape index (κ1) is 25.5. The van der Waals surface area contributed by atoms with Gasteiger partial charge in [0.2, 0.25) is 0 Å². The number of unbranched alkanes of at least 4 members (excludes halogenated alkanes) is 9. The van der Waals surface area contributed by atoms with Gasteiger partial charge in [-0.15, -0.1) is 6.58 Å². The predicted octanol–water partition coefficient (Wildman–Crippen LogP) is 4.70. The zero-order chi connectivity index (χ0) is 19.5. The maximum Gasteiger partial charge on any atom is 0.397 e. The van der Waals surface area contributed by atoms with Crippen LogP contribution in [0.15, 0.2) is 12.7 Å². The van der Waals surface area contributed by atoms with E-state index in [2.05, 4.69) is 17.7 Å². The standard InChI is InChI=1S/C19H38O6S/c1-3-5-6-7-8-9-10-11-12-13-14-19(18-23-15-4-2)24-16-17-25-26(20,21)22/h4,19H,2-3,5-18H2,1H3,(H,20,21,22). The Morgan fingerprint density at radius 2 is 1.54 bits per heavy atom. The fourth-order valence-electron chi connectivity index (χ4n) is 2.71. The average molecular weight is 395 g/mol. The summed E-state index contributed by atoms with van der Waals surface area (Å²) < 4.78 is 44.8. The van der Waals surface area contributed by atoms with Crippen LogP contribution in [0.5, 0.6) is 0 Å². The van der Waals surface area contributed by atoms with Crippen molar-refractivity contribution in [3.05, 3.63) is 12.7 Å². The van der Waals surface area contributed by atoms with Crippen LogP contribution in [-0.4, -0.2) is 45.5 Å². The van der Waals surface area contributed by atoms with Crippen LogP contribution in [-0.2, 0) is 24.1 Å². The van der Waals surface area contributed by atoms with Crippen molar-refractivity contribution in [2.45, 2.75) is 83.7 Å². The van der Waals surface area contributed by atoms with Crippen molar-refractivity contribution in [2.24, 2.45) is 0 Å². The summed E-state index contributed by atoms with van der Waals surface area (Å²) in [5, 5.41) is 0. The summed E-state index contributed by atoms with van der Waals surface area (Å²) >= 11 is 0. The SMILES string of the molecule is C=CCOCC(CCCCCCCCCCCC)OCCOS(=O)(=O)O. The van der Waals surface area contributed by atoms with E-state index in [1.165, 1.54) is 51.4 Å². The molecule has 0 heterocycles. The molecule has 0 aromatic rings. The van der Waals surface area contributed by atoms with E-state index in [9.17, 15) is 8.42 Å². The molecule has 1 unspecified atom stereocenters. The van der Waals surface area contributed by atoms with Gasteiger partial charge < -0.3 is 9.47 Å². The van der Waals surface area contributed by atoms with Crippen LogP contribution in [0.25, 0.3) is 0 Å². The fraction of sp³-hybridized carbons (Fsp3) is 0.895. The van der Waals surface area contributed by atoms with E-state index < -0.39 is 10.4 Å². The molecule has 0 rings (SSSR count). The molecule has 0 saturated carbocycles. The van der Waals surface area contributed by atoms with Crippen molar-refractivity contribution in [3.63, 3.8) is 0 Å². The molecule has 0 amide bonds. The van der Waals surface area contributed by atoms with Gasteiger partial charge >= 0.3 is 10.4 Å². The molecule has 0 aromatic carbocycles. The molecule has 7 heteroatoms. The summed E-state index contributed by atoms with van der Waals surface area (Å²) in [7, 11) is -4.40. The summed E-state index contributed by atoms with van der Waals surface area (Å²) in [5.74, 6) is 0. The summed E-state index contributed by atoms with van der Waals surface area (Å²) in [4.78, 5) is 0. The lowest BCUT2D eigenvalue weighted by atomic mass is 10.0. The van der Waals surface area contributed by atoms with Gasteiger partial charge in [-0.3, -0.25) is 4.55 Å². The van der Waals surface area contributed by atoms with E-state index in [1.54, 1.807) is 6.08 Å². The molecule has 26 heavy (non-hydrogen) atoms. The van der Waals surface area contributed by atoms with Gasteiger partial charge in [-0.1, -0.05) is 77.2 Å². The van der Waals surface area contributed by atoms with E-state index in [-0.39, 0.29) is 19.3 Å². The third kappa shape index (κ3) is 19.8. The second-order valence-corrected chi connectivity index (χ2v) is 7.63. The highest BCUT2D eigenvalue weighted by molar-refractivity contribution is 7.80. The minimum absolute atomic E-state index is 0.0969. The predicted molar refractivity (Wildman–Crippen MR) is 105 cm³/mol. The Morgan fingerprint density at radius 1 is 0.962 bits per heavy atom. The van der Waals surface area contributed by atoms with Crippen LogP contribution < -0.4 is 0 Å². The van der Waals surface area contributed by atoms with Crippen LogP contribution in [0, 0.1) is 0 Å². The number of hydrogen-bond acceptors (Lipinski definition) is 5. The van der Waals surface area contributed by atoms with Gasteiger partial charge in [-0.05, 0) is 6.42 Å². The van der Waals surface area contributed by atoms with E-state index in [1.807, 2.05) is 0 Å². The van der Waals surface area contributed by atoms with Crippen molar-refractivity contribution < 1.29 is 26.6 Å². The zero-order valence-electron chi connectivity index (χ0n) is 16.4. The van der Waals surface area contributed by atoms with Crippen LogP contribution >= 0.6 is 0 Å². The second-order valence-electron chi connectivity index (χ2n) is 6.54. The lowest BCUT2D eigenvalue weighted by Crippen LogP contribution is -2.23. The van der Waals surface area contributed by atoms with Crippen LogP contribution in [0.1, 0.15) is 77.6 Å². The number of hydrogen-bond donors (Lipinski definition) is 1. The molecule has 0 aliphatic heterocycles. The Kier molecular flexibility index (Phi) is 17.6. The van der Waals surface area contributed by atoms with Gasteiger partial charge in [0.1, 0.15) is 0 Å². The second kappa shape index (κ2) is 17.9. The lowest BCUT2D eigenvalue weighted by Gasteiger charge is -2.17. The van der Waals surface area contributed by atoms with E-state index in [4.69, 9.17) is 14.0 Å². The van der Waals surface area contributed by atoms with Gasteiger partial charge in [-0.25, -0.2) is 4.18 Å². The summed E-state index contributed by atoms with van der Waals surface area (Å²) in [5.41, 5.74) is 0. The smallest absolute Gasteiger partial charge is 0.375 e. The third-order valence-corrected chi connectivity index (χ3v) is 4.55. The Labute approximate surface area is 160 Å². The monoisotopic (exact) mass is 394 g/mol. The summed E-state index contributed by atoms with van der Waals surface area (Å²) in [6.45, 7) is 6.64. The molecular formula is C19H38O6S. The Morgan fingerprint density at radius 3 is 2.08 bits per heavy atom. The topological polar surface area (TPSA) is 82.1 Å². The van der Waals surface area contributed by atoms with E-state index in [0.717, 1.165) is 19.3 Å². The Hall–Kier alpha value is -0.470. The van der Waals surface area contributed by atoms with Crippen LogP contribution in [0.2, 0.25) is 0 Å². The third-order valence-electron chi connectivity index (χ3n) is 4.09. The van der Waals surface area contributed by atoms with Crippen molar-refractivity contribution in [2.75, 3.05) is 26.4 Å². The fourth-order valence-corrected chi connectivity index (χ4v) is 2.99. The van der Waals surface area contributed by atoms with Crippen molar-refractivity contribution in [3.8, 4) is 0 Å². The zero-order valence-corrected chi connectivity index (χ0v) is 17.2. The van der Waals surface area contributed by atoms with E-state index >= 15 is 0 Å². The summed E-state index contributed by atoms with van der Waals surface area (Å²) in [6.07, 6.45) is 15.2. The quantitative estimate of drug-likeness (QED) is 0.183. The van der Waals surface area contributed by atoms with Gasteiger partial charge in [0.25, 0.3) is 0 Å². The normalized spacial score (nSPS) is 13.0. The van der Waals surface area contributed by atoms with Gasteiger partial charge in [-0.2, -0.15) is 8.42 Å². The molecule has 0 saturated heterocycles. The molecule has 0 radical (unpaired) electrons. The Bertz CT molecular complexity index is 410. The molecule has 1 N–H and O–H groups in total. The molecule has 6 nitrogen and oxygen atoms in total. The molecule has 0 aliphatic carbocycles. The van der Waals surface area contributed by atoms with Gasteiger partial charge in [0.05, 0.1) is 32.5 Å². The van der Waals surface area contributed by atoms with Crippen molar-refractivity contribution in [1.29, 1.82) is 0 Å².